The smallest absolute Gasteiger partial charge is 0.334 e. The van der Waals surface area contributed by atoms with Gasteiger partial charge in [-0.15, -0.1) is 0 Å². The first-order valence-corrected chi connectivity index (χ1v) is 5.90. The molecule has 0 aliphatic carbocycles. The highest BCUT2D eigenvalue weighted by atomic mass is 16.5. The number of aliphatic carboxylic acids is 1. The van der Waals surface area contributed by atoms with E-state index >= 15 is 0 Å². The molecule has 2 N–H and O–H groups in total. The lowest BCUT2D eigenvalue weighted by atomic mass is 10.3. The molecule has 0 aromatic heterocycles. The molecule has 0 aliphatic heterocycles. The van der Waals surface area contributed by atoms with Gasteiger partial charge in [-0.05, 0) is 13.8 Å². The van der Waals surface area contributed by atoms with Crippen molar-refractivity contribution < 1.29 is 29.0 Å². The summed E-state index contributed by atoms with van der Waals surface area (Å²) in [5.41, 5.74) is 0. The molecule has 0 radical (unpaired) electrons. The standard InChI is InChI=1S/C11H20N2O6/c1-4-13(7-9(14)19-5-2)11(17)12-6-8(18-3)10(15)16/h8H,4-7H2,1-3H3,(H,12,17)(H,15,16). The Labute approximate surface area is 111 Å². The first kappa shape index (κ1) is 17.2. The summed E-state index contributed by atoms with van der Waals surface area (Å²) in [5, 5.41) is 11.1. The number of carboxylic acids is 1. The maximum absolute atomic E-state index is 11.7. The second-order valence-electron chi connectivity index (χ2n) is 3.57. The minimum Gasteiger partial charge on any atom is -0.479 e. The van der Waals surface area contributed by atoms with Crippen LogP contribution in [-0.4, -0.2) is 67.4 Å². The minimum atomic E-state index is -1.17. The van der Waals surface area contributed by atoms with Crippen molar-refractivity contribution >= 4 is 18.0 Å². The number of methoxy groups -OCH3 is 1. The number of amides is 2. The average Bonchev–Trinajstić information content (AvgIpc) is 2.36. The highest BCUT2D eigenvalue weighted by Gasteiger charge is 2.20. The van der Waals surface area contributed by atoms with E-state index < -0.39 is 24.1 Å². The zero-order chi connectivity index (χ0) is 14.8. The van der Waals surface area contributed by atoms with Crippen molar-refractivity contribution in [3.05, 3.63) is 0 Å². The predicted molar refractivity (Wildman–Crippen MR) is 65.7 cm³/mol. The molecule has 0 aliphatic rings. The molecule has 0 saturated heterocycles. The summed E-state index contributed by atoms with van der Waals surface area (Å²) in [5.74, 6) is -1.68. The van der Waals surface area contributed by atoms with E-state index in [1.165, 1.54) is 12.0 Å². The fourth-order valence-corrected chi connectivity index (χ4v) is 1.25. The molecule has 19 heavy (non-hydrogen) atoms. The SMILES string of the molecule is CCOC(=O)CN(CC)C(=O)NCC(OC)C(=O)O. The lowest BCUT2D eigenvalue weighted by molar-refractivity contribution is -0.148. The lowest BCUT2D eigenvalue weighted by Gasteiger charge is -2.21. The number of carboxylic acid groups (broad SMARTS) is 1. The van der Waals surface area contributed by atoms with Crippen molar-refractivity contribution in [2.45, 2.75) is 20.0 Å². The first-order valence-electron chi connectivity index (χ1n) is 5.90. The monoisotopic (exact) mass is 276 g/mol. The van der Waals surface area contributed by atoms with Crippen molar-refractivity contribution in [3.63, 3.8) is 0 Å². The number of hydrogen-bond donors (Lipinski definition) is 2. The number of nitrogens with one attached hydrogen (secondary N) is 1. The van der Waals surface area contributed by atoms with Gasteiger partial charge < -0.3 is 24.8 Å². The molecule has 2 amide bonds. The highest BCUT2D eigenvalue weighted by molar-refractivity contribution is 5.81. The third-order valence-electron chi connectivity index (χ3n) is 2.29. The molecule has 0 bridgehead atoms. The maximum atomic E-state index is 11.7. The van der Waals surface area contributed by atoms with Crippen molar-refractivity contribution in [1.29, 1.82) is 0 Å². The number of hydrogen-bond acceptors (Lipinski definition) is 5. The summed E-state index contributed by atoms with van der Waals surface area (Å²) in [7, 11) is 1.24. The maximum Gasteiger partial charge on any atom is 0.334 e. The Morgan fingerprint density at radius 2 is 1.95 bits per heavy atom. The van der Waals surface area contributed by atoms with Crippen molar-refractivity contribution in [1.82, 2.24) is 10.2 Å². The first-order chi connectivity index (χ1) is 8.96. The second-order valence-corrected chi connectivity index (χ2v) is 3.57. The summed E-state index contributed by atoms with van der Waals surface area (Å²) in [6.07, 6.45) is -1.12. The van der Waals surface area contributed by atoms with Crippen LogP contribution in [-0.2, 0) is 19.1 Å². The quantitative estimate of drug-likeness (QED) is 0.589. The van der Waals surface area contributed by atoms with Crippen molar-refractivity contribution in [2.24, 2.45) is 0 Å². The molecule has 0 fully saturated rings. The van der Waals surface area contributed by atoms with Crippen LogP contribution in [0.25, 0.3) is 0 Å². The third-order valence-corrected chi connectivity index (χ3v) is 2.29. The van der Waals surface area contributed by atoms with Gasteiger partial charge >= 0.3 is 18.0 Å². The predicted octanol–water partition coefficient (Wildman–Crippen LogP) is -0.319. The van der Waals surface area contributed by atoms with Gasteiger partial charge in [0, 0.05) is 13.7 Å². The van der Waals surface area contributed by atoms with Gasteiger partial charge in [0.15, 0.2) is 6.10 Å². The summed E-state index contributed by atoms with van der Waals surface area (Å²) in [6, 6.07) is -0.543. The number of likely N-dealkylation sites (N-methyl/N-ethyl adjacent to an activating group) is 1. The van der Waals surface area contributed by atoms with Crippen molar-refractivity contribution in [2.75, 3.05) is 33.4 Å². The van der Waals surface area contributed by atoms with E-state index in [9.17, 15) is 14.4 Å². The van der Waals surface area contributed by atoms with Gasteiger partial charge in [0.1, 0.15) is 6.54 Å². The summed E-state index contributed by atoms with van der Waals surface area (Å²) < 4.78 is 9.40. The van der Waals surface area contributed by atoms with E-state index in [0.717, 1.165) is 0 Å². The van der Waals surface area contributed by atoms with Crippen LogP contribution in [0.4, 0.5) is 4.79 Å². The second kappa shape index (κ2) is 9.15. The van der Waals surface area contributed by atoms with Gasteiger partial charge in [-0.1, -0.05) is 0 Å². The Morgan fingerprint density at radius 1 is 1.32 bits per heavy atom. The number of rotatable bonds is 8. The highest BCUT2D eigenvalue weighted by Crippen LogP contribution is 1.94. The van der Waals surface area contributed by atoms with Crippen LogP contribution in [0.15, 0.2) is 0 Å². The fourth-order valence-electron chi connectivity index (χ4n) is 1.25. The van der Waals surface area contributed by atoms with Gasteiger partial charge in [0.05, 0.1) is 13.2 Å². The topological polar surface area (TPSA) is 105 Å². The number of urea groups is 1. The average molecular weight is 276 g/mol. The molecule has 1 atom stereocenters. The number of nitrogens with zero attached hydrogens (tertiary/aromatic N) is 1. The van der Waals surface area contributed by atoms with Crippen LogP contribution >= 0.6 is 0 Å². The molecule has 0 saturated carbocycles. The van der Waals surface area contributed by atoms with Crippen LogP contribution in [0, 0.1) is 0 Å². The fraction of sp³-hybridized carbons (Fsp3) is 0.727. The molecule has 8 heteroatoms. The van der Waals surface area contributed by atoms with E-state index in [2.05, 4.69) is 10.1 Å². The van der Waals surface area contributed by atoms with Gasteiger partial charge in [-0.3, -0.25) is 4.79 Å². The normalized spacial score (nSPS) is 11.5. The number of esters is 1. The molecule has 0 heterocycles. The van der Waals surface area contributed by atoms with Crippen LogP contribution in [0.2, 0.25) is 0 Å². The summed E-state index contributed by atoms with van der Waals surface area (Å²) in [4.78, 5) is 34.9. The number of ether oxygens (including phenoxy) is 2. The Bertz CT molecular complexity index is 320. The Balaban J connectivity index is 4.28. The molecule has 1 unspecified atom stereocenters. The van der Waals surface area contributed by atoms with Gasteiger partial charge in [0.25, 0.3) is 0 Å². The molecule has 0 aromatic rings. The summed E-state index contributed by atoms with van der Waals surface area (Å²) in [6.45, 7) is 3.55. The van der Waals surface area contributed by atoms with Crippen LogP contribution in [0.3, 0.4) is 0 Å². The van der Waals surface area contributed by atoms with E-state index in [4.69, 9.17) is 9.84 Å². The Morgan fingerprint density at radius 3 is 2.37 bits per heavy atom. The summed E-state index contributed by atoms with van der Waals surface area (Å²) >= 11 is 0. The molecular weight excluding hydrogens is 256 g/mol. The molecule has 0 rings (SSSR count). The molecule has 0 aromatic carbocycles. The molecular formula is C11H20N2O6. The molecule has 110 valence electrons. The van der Waals surface area contributed by atoms with Crippen LogP contribution in [0.5, 0.6) is 0 Å². The van der Waals surface area contributed by atoms with Gasteiger partial charge in [-0.25, -0.2) is 9.59 Å². The van der Waals surface area contributed by atoms with E-state index in [1.54, 1.807) is 13.8 Å². The number of carbonyl (C=O) groups excluding carboxylic acids is 2. The van der Waals surface area contributed by atoms with E-state index in [0.29, 0.717) is 6.54 Å². The lowest BCUT2D eigenvalue weighted by Crippen LogP contribution is -2.46. The third kappa shape index (κ3) is 6.61. The van der Waals surface area contributed by atoms with Gasteiger partial charge in [0.2, 0.25) is 0 Å². The van der Waals surface area contributed by atoms with Crippen LogP contribution in [0.1, 0.15) is 13.8 Å². The largest absolute Gasteiger partial charge is 0.479 e. The van der Waals surface area contributed by atoms with E-state index in [-0.39, 0.29) is 19.7 Å². The molecule has 0 spiro atoms. The Hall–Kier alpha value is -1.83. The zero-order valence-corrected chi connectivity index (χ0v) is 11.3. The number of carbonyl (C=O) groups is 3. The minimum absolute atomic E-state index is 0.177. The zero-order valence-electron chi connectivity index (χ0n) is 11.3. The van der Waals surface area contributed by atoms with Crippen LogP contribution < -0.4 is 5.32 Å². The Kier molecular flexibility index (Phi) is 8.27. The molecule has 8 nitrogen and oxygen atoms in total. The van der Waals surface area contributed by atoms with Crippen molar-refractivity contribution in [3.8, 4) is 0 Å². The van der Waals surface area contributed by atoms with Gasteiger partial charge in [-0.2, -0.15) is 0 Å². The van der Waals surface area contributed by atoms with E-state index in [1.807, 2.05) is 0 Å².